The Morgan fingerprint density at radius 1 is 1.61 bits per heavy atom. The van der Waals surface area contributed by atoms with Gasteiger partial charge in [-0.05, 0) is 35.8 Å². The molecule has 2 aromatic heterocycles. The number of halogens is 2. The molecule has 1 atom stereocenters. The number of aromatic nitrogens is 2. The summed E-state index contributed by atoms with van der Waals surface area (Å²) in [6.45, 7) is 5.04. The van der Waals surface area contributed by atoms with Gasteiger partial charge in [-0.15, -0.1) is 11.3 Å². The summed E-state index contributed by atoms with van der Waals surface area (Å²) in [5.41, 5.74) is 2.43. The van der Waals surface area contributed by atoms with Gasteiger partial charge in [0.25, 0.3) is 0 Å². The third-order valence-electron chi connectivity index (χ3n) is 3.02. The molecule has 3 nitrogen and oxygen atoms in total. The van der Waals surface area contributed by atoms with Crippen LogP contribution in [0.25, 0.3) is 0 Å². The number of thiophene rings is 1. The van der Waals surface area contributed by atoms with Crippen molar-refractivity contribution in [1.82, 2.24) is 15.1 Å². The minimum Gasteiger partial charge on any atom is -0.305 e. The minimum atomic E-state index is 0.276. The van der Waals surface area contributed by atoms with Crippen LogP contribution in [0.1, 0.15) is 29.1 Å². The maximum Gasteiger partial charge on any atom is 0.107 e. The lowest BCUT2D eigenvalue weighted by molar-refractivity contribution is 0.574. The molecular formula is C12H15BrClN3S. The Morgan fingerprint density at radius 3 is 2.83 bits per heavy atom. The second kappa shape index (κ2) is 5.74. The molecule has 2 aromatic rings. The number of hydrogen-bond donors (Lipinski definition) is 1. The van der Waals surface area contributed by atoms with Crippen LogP contribution in [0.4, 0.5) is 0 Å². The molecule has 0 saturated carbocycles. The molecule has 1 unspecified atom stereocenters. The van der Waals surface area contributed by atoms with Crippen LogP contribution in [0, 0.1) is 6.92 Å². The smallest absolute Gasteiger partial charge is 0.107 e. The normalized spacial score (nSPS) is 12.9. The zero-order chi connectivity index (χ0) is 13.3. The first-order valence-corrected chi connectivity index (χ1v) is 7.63. The third-order valence-corrected chi connectivity index (χ3v) is 5.49. The molecule has 0 aliphatic heterocycles. The summed E-state index contributed by atoms with van der Waals surface area (Å²) in [5.74, 6) is 0. The molecule has 98 valence electrons. The Kier molecular flexibility index (Phi) is 4.48. The van der Waals surface area contributed by atoms with Crippen molar-refractivity contribution < 1.29 is 0 Å². The summed E-state index contributed by atoms with van der Waals surface area (Å²) in [7, 11) is 1.96. The average molecular weight is 349 g/mol. The van der Waals surface area contributed by atoms with E-state index in [9.17, 15) is 0 Å². The van der Waals surface area contributed by atoms with Gasteiger partial charge in [0.15, 0.2) is 0 Å². The highest BCUT2D eigenvalue weighted by Crippen LogP contribution is 2.32. The predicted octanol–water partition coefficient (Wildman–Crippen LogP) is 4.06. The fourth-order valence-electron chi connectivity index (χ4n) is 1.78. The van der Waals surface area contributed by atoms with Gasteiger partial charge < -0.3 is 5.32 Å². The molecule has 2 rings (SSSR count). The number of aryl methyl sites for hydroxylation is 1. The molecule has 1 N–H and O–H groups in total. The lowest BCUT2D eigenvalue weighted by Crippen LogP contribution is -2.18. The van der Waals surface area contributed by atoms with Crippen LogP contribution >= 0.6 is 38.9 Å². The van der Waals surface area contributed by atoms with E-state index in [1.165, 1.54) is 16.1 Å². The molecule has 0 radical (unpaired) electrons. The molecule has 6 heteroatoms. The Balaban J connectivity index is 2.00. The van der Waals surface area contributed by atoms with Gasteiger partial charge in [0, 0.05) is 40.2 Å². The Morgan fingerprint density at radius 2 is 2.33 bits per heavy atom. The van der Waals surface area contributed by atoms with Crippen molar-refractivity contribution in [3.8, 4) is 0 Å². The van der Waals surface area contributed by atoms with Crippen molar-refractivity contribution in [1.29, 1.82) is 0 Å². The maximum atomic E-state index is 6.02. The maximum absolute atomic E-state index is 6.02. The van der Waals surface area contributed by atoms with Crippen LogP contribution in [-0.4, -0.2) is 9.78 Å². The molecule has 0 aromatic carbocycles. The Labute approximate surface area is 124 Å². The van der Waals surface area contributed by atoms with Gasteiger partial charge in [-0.2, -0.15) is 5.10 Å². The molecule has 18 heavy (non-hydrogen) atoms. The van der Waals surface area contributed by atoms with Gasteiger partial charge in [0.2, 0.25) is 0 Å². The van der Waals surface area contributed by atoms with E-state index in [-0.39, 0.29) is 6.04 Å². The summed E-state index contributed by atoms with van der Waals surface area (Å²) in [5, 5.41) is 7.75. The van der Waals surface area contributed by atoms with Crippen LogP contribution in [0.3, 0.4) is 0 Å². The van der Waals surface area contributed by atoms with E-state index in [0.29, 0.717) is 0 Å². The van der Waals surface area contributed by atoms with Crippen LogP contribution in [0.2, 0.25) is 4.34 Å². The lowest BCUT2D eigenvalue weighted by atomic mass is 10.1. The van der Waals surface area contributed by atoms with Crippen LogP contribution in [0.15, 0.2) is 16.7 Å². The quantitative estimate of drug-likeness (QED) is 0.903. The van der Waals surface area contributed by atoms with E-state index in [1.807, 2.05) is 17.9 Å². The van der Waals surface area contributed by atoms with Crippen molar-refractivity contribution in [2.75, 3.05) is 0 Å². The van der Waals surface area contributed by atoms with Crippen molar-refractivity contribution in [2.24, 2.45) is 7.05 Å². The van der Waals surface area contributed by atoms with Crippen LogP contribution in [0.5, 0.6) is 0 Å². The molecule has 0 fully saturated rings. The molecular weight excluding hydrogens is 334 g/mol. The van der Waals surface area contributed by atoms with E-state index < -0.39 is 0 Å². The second-order valence-corrected chi connectivity index (χ2v) is 6.84. The molecule has 0 aliphatic carbocycles. The van der Waals surface area contributed by atoms with Gasteiger partial charge in [0.1, 0.15) is 4.34 Å². The zero-order valence-electron chi connectivity index (χ0n) is 10.5. The third kappa shape index (κ3) is 2.96. The van der Waals surface area contributed by atoms with Crippen LogP contribution in [-0.2, 0) is 13.6 Å². The first kappa shape index (κ1) is 14.1. The van der Waals surface area contributed by atoms with Crippen LogP contribution < -0.4 is 5.32 Å². The summed E-state index contributed by atoms with van der Waals surface area (Å²) in [6.07, 6.45) is 1.92. The Hall–Kier alpha value is -0.360. The molecule has 0 spiro atoms. The molecule has 0 amide bonds. The monoisotopic (exact) mass is 347 g/mol. The largest absolute Gasteiger partial charge is 0.305 e. The van der Waals surface area contributed by atoms with Crippen molar-refractivity contribution in [3.63, 3.8) is 0 Å². The minimum absolute atomic E-state index is 0.276. The molecule has 2 heterocycles. The van der Waals surface area contributed by atoms with E-state index >= 15 is 0 Å². The average Bonchev–Trinajstić information content (AvgIpc) is 2.82. The standard InChI is InChI=1S/C12H15BrClN3S/c1-7(10-6-16-17(3)8(10)2)15-5-9-4-11(13)12(14)18-9/h4,6-7,15H,5H2,1-3H3. The predicted molar refractivity (Wildman–Crippen MR) is 80.2 cm³/mol. The van der Waals surface area contributed by atoms with E-state index in [4.69, 9.17) is 11.6 Å². The number of nitrogens with zero attached hydrogens (tertiary/aromatic N) is 2. The summed E-state index contributed by atoms with van der Waals surface area (Å²) in [6, 6.07) is 2.33. The fourth-order valence-corrected chi connectivity index (χ4v) is 3.52. The highest BCUT2D eigenvalue weighted by molar-refractivity contribution is 9.10. The molecule has 0 saturated heterocycles. The van der Waals surface area contributed by atoms with Gasteiger partial charge in [-0.25, -0.2) is 0 Å². The summed E-state index contributed by atoms with van der Waals surface area (Å²) in [4.78, 5) is 1.22. The Bertz CT molecular complexity index is 530. The first-order valence-electron chi connectivity index (χ1n) is 5.64. The number of nitrogens with one attached hydrogen (secondary N) is 1. The lowest BCUT2D eigenvalue weighted by Gasteiger charge is -2.12. The van der Waals surface area contributed by atoms with Gasteiger partial charge in [-0.3, -0.25) is 4.68 Å². The van der Waals surface area contributed by atoms with Crippen molar-refractivity contribution >= 4 is 38.9 Å². The summed E-state index contributed by atoms with van der Waals surface area (Å²) < 4.78 is 3.67. The molecule has 0 aliphatic rings. The van der Waals surface area contributed by atoms with Gasteiger partial charge >= 0.3 is 0 Å². The van der Waals surface area contributed by atoms with E-state index in [0.717, 1.165) is 15.4 Å². The SMILES string of the molecule is Cc1c(C(C)NCc2cc(Br)c(Cl)s2)cnn1C. The zero-order valence-corrected chi connectivity index (χ0v) is 13.7. The van der Waals surface area contributed by atoms with Crippen molar-refractivity contribution in [2.45, 2.75) is 26.4 Å². The summed E-state index contributed by atoms with van der Waals surface area (Å²) >= 11 is 11.0. The topological polar surface area (TPSA) is 29.9 Å². The highest BCUT2D eigenvalue weighted by Gasteiger charge is 2.12. The van der Waals surface area contributed by atoms with Gasteiger partial charge in [0.05, 0.1) is 6.20 Å². The first-order chi connectivity index (χ1) is 8.49. The van der Waals surface area contributed by atoms with E-state index in [2.05, 4.69) is 46.3 Å². The number of hydrogen-bond acceptors (Lipinski definition) is 3. The van der Waals surface area contributed by atoms with E-state index in [1.54, 1.807) is 11.3 Å². The van der Waals surface area contributed by atoms with Crippen molar-refractivity contribution in [3.05, 3.63) is 37.2 Å². The van der Waals surface area contributed by atoms with Gasteiger partial charge in [-0.1, -0.05) is 11.6 Å². The number of rotatable bonds is 4. The second-order valence-electron chi connectivity index (χ2n) is 4.25. The highest BCUT2D eigenvalue weighted by atomic mass is 79.9. The molecule has 0 bridgehead atoms. The fraction of sp³-hybridized carbons (Fsp3) is 0.417.